The molecule has 5 heavy (non-hydrogen) atoms. The largest absolute Gasteiger partial charge is 0.294 e. The van der Waals surface area contributed by atoms with Crippen molar-refractivity contribution < 1.29 is 4.79 Å². The first-order chi connectivity index (χ1) is 2.27. The lowest BCUT2D eigenvalue weighted by Gasteiger charge is -1.80. The van der Waals surface area contributed by atoms with Crippen molar-refractivity contribution in [2.75, 3.05) is 0 Å². The van der Waals surface area contributed by atoms with E-state index in [9.17, 15) is 4.79 Å². The molecule has 28 valence electrons. The minimum atomic E-state index is -0.718. The van der Waals surface area contributed by atoms with Crippen LogP contribution in [0.2, 0.25) is 0 Å². The van der Waals surface area contributed by atoms with Gasteiger partial charge in [-0.05, 0) is 0 Å². The number of hydrogen-bond acceptors (Lipinski definition) is 2. The summed E-state index contributed by atoms with van der Waals surface area (Å²) in [5, 5.41) is 0. The fourth-order valence-corrected chi connectivity index (χ4v) is 0. The fraction of sp³-hybridized carbons (Fsp3) is 0. The standard InChI is InChI=1S/C2H4N2O/c1-2(5)4-3/h1H,3H2,(H,4,5). The molecule has 0 aliphatic rings. The Hall–Kier alpha value is -0.570. The molecule has 0 unspecified atom stereocenters. The van der Waals surface area contributed by atoms with Crippen molar-refractivity contribution in [3.8, 4) is 0 Å². The highest BCUT2D eigenvalue weighted by atomic mass is 16.2. The van der Waals surface area contributed by atoms with Gasteiger partial charge in [0.25, 0.3) is 0 Å². The van der Waals surface area contributed by atoms with E-state index in [4.69, 9.17) is 0 Å². The van der Waals surface area contributed by atoms with Crippen LogP contribution in [0.3, 0.4) is 0 Å². The van der Waals surface area contributed by atoms with Gasteiger partial charge >= 0.3 is 0 Å². The number of rotatable bonds is 0. The molecule has 0 spiro atoms. The number of carbonyl (C=O) groups is 1. The summed E-state index contributed by atoms with van der Waals surface area (Å²) in [6, 6.07) is 0. The van der Waals surface area contributed by atoms with E-state index >= 15 is 0 Å². The first-order valence-electron chi connectivity index (χ1n) is 1.03. The van der Waals surface area contributed by atoms with Crippen LogP contribution in [0.1, 0.15) is 0 Å². The Bertz CT molecular complexity index is 42.9. The van der Waals surface area contributed by atoms with E-state index in [2.05, 4.69) is 12.8 Å². The topological polar surface area (TPSA) is 55.1 Å². The molecule has 0 atom stereocenters. The van der Waals surface area contributed by atoms with E-state index in [1.165, 1.54) is 0 Å². The smallest absolute Gasteiger partial charge is 0.238 e. The van der Waals surface area contributed by atoms with Gasteiger partial charge in [-0.3, -0.25) is 10.2 Å². The van der Waals surface area contributed by atoms with Crippen molar-refractivity contribution >= 4 is 5.91 Å². The number of hydrazine groups is 1. The van der Waals surface area contributed by atoms with Crippen molar-refractivity contribution in [1.29, 1.82) is 0 Å². The molecule has 0 saturated heterocycles. The third-order valence-electron chi connectivity index (χ3n) is 0.142. The first-order valence-corrected chi connectivity index (χ1v) is 1.03. The summed E-state index contributed by atoms with van der Waals surface area (Å²) in [5.74, 6) is 3.73. The molecule has 3 nitrogen and oxygen atoms in total. The van der Waals surface area contributed by atoms with Crippen LogP contribution in [-0.2, 0) is 4.79 Å². The number of nitrogens with one attached hydrogen (secondary N) is 1. The van der Waals surface area contributed by atoms with E-state index in [1.807, 2.05) is 0 Å². The molecular weight excluding hydrogens is 68.0 g/mol. The lowest BCUT2D eigenvalue weighted by atomic mass is 10.8. The third-order valence-corrected chi connectivity index (χ3v) is 0.142. The summed E-state index contributed by atoms with van der Waals surface area (Å²) in [4.78, 5) is 9.35. The number of nitrogens with two attached hydrogens (primary N) is 1. The summed E-state index contributed by atoms with van der Waals surface area (Å²) in [7, 11) is 0. The van der Waals surface area contributed by atoms with Gasteiger partial charge in [-0.2, -0.15) is 0 Å². The number of hydrogen-bond donors (Lipinski definition) is 2. The minimum Gasteiger partial charge on any atom is -0.294 e. The minimum absolute atomic E-state index is 0.718. The quantitative estimate of drug-likeness (QED) is 0.212. The highest BCUT2D eigenvalue weighted by molar-refractivity contribution is 5.79. The molecule has 0 heterocycles. The van der Waals surface area contributed by atoms with Crippen LogP contribution in [0, 0.1) is 6.92 Å². The van der Waals surface area contributed by atoms with Crippen LogP contribution in [0.5, 0.6) is 0 Å². The molecule has 0 bridgehead atoms. The van der Waals surface area contributed by atoms with Gasteiger partial charge in [0.15, 0.2) is 0 Å². The summed E-state index contributed by atoms with van der Waals surface area (Å²) in [6.07, 6.45) is 0. The maximum absolute atomic E-state index is 9.35. The zero-order valence-corrected chi connectivity index (χ0v) is 2.56. The Balaban J connectivity index is 2.85. The van der Waals surface area contributed by atoms with Gasteiger partial charge < -0.3 is 0 Å². The van der Waals surface area contributed by atoms with Gasteiger partial charge in [0, 0.05) is 0 Å². The summed E-state index contributed by atoms with van der Waals surface area (Å²) in [6.45, 7) is 4.42. The Morgan fingerprint density at radius 2 is 2.20 bits per heavy atom. The summed E-state index contributed by atoms with van der Waals surface area (Å²) in [5.41, 5.74) is 1.67. The van der Waals surface area contributed by atoms with Crippen molar-refractivity contribution in [2.24, 2.45) is 5.84 Å². The second kappa shape index (κ2) is 1.72. The molecule has 0 aliphatic carbocycles. The van der Waals surface area contributed by atoms with Gasteiger partial charge in [-0.25, -0.2) is 5.84 Å². The predicted octanol–water partition coefficient (Wildman–Crippen LogP) is -1.31. The van der Waals surface area contributed by atoms with Crippen molar-refractivity contribution in [3.05, 3.63) is 6.92 Å². The van der Waals surface area contributed by atoms with Crippen molar-refractivity contribution in [2.45, 2.75) is 0 Å². The van der Waals surface area contributed by atoms with Gasteiger partial charge in [-0.15, -0.1) is 0 Å². The van der Waals surface area contributed by atoms with Gasteiger partial charge in [0.2, 0.25) is 5.91 Å². The lowest BCUT2D eigenvalue weighted by molar-refractivity contribution is -0.116. The van der Waals surface area contributed by atoms with Crippen LogP contribution in [0.15, 0.2) is 0 Å². The maximum Gasteiger partial charge on any atom is 0.238 e. The van der Waals surface area contributed by atoms with Crippen LogP contribution >= 0.6 is 0 Å². The van der Waals surface area contributed by atoms with Crippen LogP contribution in [-0.4, -0.2) is 5.91 Å². The van der Waals surface area contributed by atoms with E-state index in [1.54, 1.807) is 5.43 Å². The molecule has 3 heteroatoms. The summed E-state index contributed by atoms with van der Waals surface area (Å²) < 4.78 is 0. The molecule has 0 aromatic carbocycles. The highest BCUT2D eigenvalue weighted by Crippen LogP contribution is 1.40. The molecule has 1 amide bonds. The molecule has 0 rings (SSSR count). The Morgan fingerprint density at radius 3 is 2.20 bits per heavy atom. The van der Waals surface area contributed by atoms with Crippen LogP contribution in [0.25, 0.3) is 0 Å². The highest BCUT2D eigenvalue weighted by Gasteiger charge is 1.74. The molecule has 0 saturated carbocycles. The normalized spacial score (nSPS) is 6.80. The first kappa shape index (κ1) is 4.43. The molecule has 0 fully saturated rings. The Kier molecular flexibility index (Phi) is 1.53. The van der Waals surface area contributed by atoms with Crippen molar-refractivity contribution in [1.82, 2.24) is 5.43 Å². The Morgan fingerprint density at radius 1 is 2.00 bits per heavy atom. The fourth-order valence-electron chi connectivity index (χ4n) is 0. The molecule has 0 aromatic heterocycles. The number of carbonyl (C=O) groups excluding carboxylic acids is 1. The van der Waals surface area contributed by atoms with Gasteiger partial charge in [-0.1, -0.05) is 0 Å². The van der Waals surface area contributed by atoms with Crippen LogP contribution < -0.4 is 11.3 Å². The SMILES string of the molecule is [CH]C(=O)NN. The van der Waals surface area contributed by atoms with Crippen molar-refractivity contribution in [3.63, 3.8) is 0 Å². The summed E-state index contributed by atoms with van der Waals surface area (Å²) >= 11 is 0. The molecular formula is C2H4N2O. The Labute approximate surface area is 30.1 Å². The average Bonchev–Trinajstić information content (AvgIpc) is 1.38. The molecule has 0 aromatic rings. The second-order valence-corrected chi connectivity index (χ2v) is 0.509. The molecule has 3 N–H and O–H groups in total. The van der Waals surface area contributed by atoms with E-state index in [0.717, 1.165) is 0 Å². The lowest BCUT2D eigenvalue weighted by Crippen LogP contribution is -2.27. The monoisotopic (exact) mass is 72.0 g/mol. The van der Waals surface area contributed by atoms with E-state index in [-0.39, 0.29) is 0 Å². The third kappa shape index (κ3) is 3.43. The number of amides is 1. The molecule has 2 radical (unpaired) electrons. The maximum atomic E-state index is 9.35. The van der Waals surface area contributed by atoms with E-state index < -0.39 is 5.91 Å². The molecule has 0 aliphatic heterocycles. The van der Waals surface area contributed by atoms with Crippen LogP contribution in [0.4, 0.5) is 0 Å². The average molecular weight is 72.1 g/mol. The van der Waals surface area contributed by atoms with E-state index in [0.29, 0.717) is 0 Å². The zero-order valence-electron chi connectivity index (χ0n) is 2.56. The second-order valence-electron chi connectivity index (χ2n) is 0.509. The van der Waals surface area contributed by atoms with Gasteiger partial charge in [0.05, 0.1) is 6.92 Å². The van der Waals surface area contributed by atoms with Gasteiger partial charge in [0.1, 0.15) is 0 Å². The predicted molar refractivity (Wildman–Crippen MR) is 16.6 cm³/mol. The zero-order chi connectivity index (χ0) is 4.28.